The summed E-state index contributed by atoms with van der Waals surface area (Å²) in [6.07, 6.45) is 3.13. The van der Waals surface area contributed by atoms with Gasteiger partial charge in [-0.2, -0.15) is 0 Å². The first-order valence-corrected chi connectivity index (χ1v) is 9.00. The lowest BCUT2D eigenvalue weighted by atomic mass is 9.86. The largest absolute Gasteiger partial charge is 0.303 e. The maximum absolute atomic E-state index is 12.4. The van der Waals surface area contributed by atoms with Gasteiger partial charge in [-0.05, 0) is 25.8 Å². The fraction of sp³-hybridized carbons (Fsp3) is 0.364. The first-order chi connectivity index (χ1) is 12.1. The Bertz CT molecular complexity index is 711. The van der Waals surface area contributed by atoms with Crippen LogP contribution in [0.4, 0.5) is 0 Å². The minimum absolute atomic E-state index is 0.205. The molecule has 1 saturated heterocycles. The third-order valence-electron chi connectivity index (χ3n) is 5.16. The molecule has 2 aromatic rings. The van der Waals surface area contributed by atoms with E-state index in [2.05, 4.69) is 11.9 Å². The molecule has 0 amide bonds. The Morgan fingerprint density at radius 1 is 0.840 bits per heavy atom. The van der Waals surface area contributed by atoms with Gasteiger partial charge in [0.05, 0.1) is 0 Å². The molecule has 0 unspecified atom stereocenters. The number of likely N-dealkylation sites (tertiary alicyclic amines) is 1. The van der Waals surface area contributed by atoms with Crippen molar-refractivity contribution in [1.29, 1.82) is 0 Å². The second-order valence-corrected chi connectivity index (χ2v) is 7.02. The van der Waals surface area contributed by atoms with E-state index in [9.17, 15) is 9.59 Å². The molecule has 1 aliphatic rings. The predicted molar refractivity (Wildman–Crippen MR) is 99.9 cm³/mol. The number of hydrogen-bond donors (Lipinski definition) is 0. The Morgan fingerprint density at radius 3 is 1.88 bits per heavy atom. The second kappa shape index (κ2) is 8.21. The summed E-state index contributed by atoms with van der Waals surface area (Å²) >= 11 is 0. The Morgan fingerprint density at radius 2 is 1.36 bits per heavy atom. The molecule has 0 aromatic heterocycles. The predicted octanol–water partition coefficient (Wildman–Crippen LogP) is 4.24. The second-order valence-electron chi connectivity index (χ2n) is 7.02. The average molecular weight is 335 g/mol. The standard InChI is InChI=1S/C22H25NO2/c1-23-16-17(14-21(24)18-8-4-2-5-9-18)12-13-20(23)15-22(25)19-10-6-3-7-11-19/h2-11,17,20H,12-16H2,1H3/t17-,20-/m0/s1. The van der Waals surface area contributed by atoms with Crippen molar-refractivity contribution >= 4 is 11.6 Å². The van der Waals surface area contributed by atoms with Gasteiger partial charge in [-0.1, -0.05) is 60.7 Å². The van der Waals surface area contributed by atoms with Gasteiger partial charge in [-0.3, -0.25) is 9.59 Å². The summed E-state index contributed by atoms with van der Waals surface area (Å²) in [7, 11) is 2.07. The highest BCUT2D eigenvalue weighted by Crippen LogP contribution is 2.27. The van der Waals surface area contributed by atoms with Crippen molar-refractivity contribution in [3.8, 4) is 0 Å². The highest BCUT2D eigenvalue weighted by molar-refractivity contribution is 5.96. The van der Waals surface area contributed by atoms with Crippen LogP contribution in [0.3, 0.4) is 0 Å². The van der Waals surface area contributed by atoms with Gasteiger partial charge < -0.3 is 4.90 Å². The van der Waals surface area contributed by atoms with Crippen molar-refractivity contribution in [1.82, 2.24) is 4.90 Å². The van der Waals surface area contributed by atoms with Crippen LogP contribution in [0.15, 0.2) is 60.7 Å². The van der Waals surface area contributed by atoms with Gasteiger partial charge in [0.15, 0.2) is 11.6 Å². The van der Waals surface area contributed by atoms with E-state index in [-0.39, 0.29) is 17.6 Å². The number of carbonyl (C=O) groups excluding carboxylic acids is 2. The Labute approximate surface area is 149 Å². The van der Waals surface area contributed by atoms with E-state index in [1.165, 1.54) is 0 Å². The molecule has 3 heteroatoms. The van der Waals surface area contributed by atoms with Gasteiger partial charge in [0.1, 0.15) is 0 Å². The monoisotopic (exact) mass is 335 g/mol. The zero-order valence-electron chi connectivity index (χ0n) is 14.7. The fourth-order valence-corrected chi connectivity index (χ4v) is 3.68. The molecule has 0 spiro atoms. The number of Topliss-reactive ketones (excluding diaryl/α,β-unsaturated/α-hetero) is 2. The van der Waals surface area contributed by atoms with Crippen LogP contribution in [0.1, 0.15) is 46.4 Å². The molecule has 1 fully saturated rings. The normalized spacial score (nSPS) is 21.0. The molecule has 1 aliphatic heterocycles. The van der Waals surface area contributed by atoms with Crippen LogP contribution in [0.25, 0.3) is 0 Å². The summed E-state index contributed by atoms with van der Waals surface area (Å²) < 4.78 is 0. The Kier molecular flexibility index (Phi) is 5.77. The molecule has 3 nitrogen and oxygen atoms in total. The van der Waals surface area contributed by atoms with Crippen molar-refractivity contribution in [3.05, 3.63) is 71.8 Å². The first-order valence-electron chi connectivity index (χ1n) is 9.00. The van der Waals surface area contributed by atoms with Crippen molar-refractivity contribution in [2.75, 3.05) is 13.6 Å². The minimum Gasteiger partial charge on any atom is -0.303 e. The van der Waals surface area contributed by atoms with E-state index in [1.807, 2.05) is 60.7 Å². The molecule has 0 N–H and O–H groups in total. The number of benzene rings is 2. The molecule has 0 radical (unpaired) electrons. The lowest BCUT2D eigenvalue weighted by Crippen LogP contribution is -2.42. The molecular weight excluding hydrogens is 310 g/mol. The van der Waals surface area contributed by atoms with E-state index in [1.54, 1.807) is 0 Å². The molecule has 3 rings (SSSR count). The van der Waals surface area contributed by atoms with Crippen LogP contribution < -0.4 is 0 Å². The zero-order valence-corrected chi connectivity index (χ0v) is 14.7. The van der Waals surface area contributed by atoms with Gasteiger partial charge in [0.2, 0.25) is 0 Å². The number of nitrogens with zero attached hydrogens (tertiary/aromatic N) is 1. The summed E-state index contributed by atoms with van der Waals surface area (Å²) in [4.78, 5) is 27.1. The highest BCUT2D eigenvalue weighted by atomic mass is 16.1. The first kappa shape index (κ1) is 17.6. The molecule has 130 valence electrons. The zero-order chi connectivity index (χ0) is 17.6. The van der Waals surface area contributed by atoms with E-state index in [0.29, 0.717) is 18.8 Å². The number of piperidine rings is 1. The van der Waals surface area contributed by atoms with Crippen molar-refractivity contribution in [3.63, 3.8) is 0 Å². The molecule has 0 bridgehead atoms. The molecule has 2 atom stereocenters. The minimum atomic E-state index is 0.205. The van der Waals surface area contributed by atoms with E-state index < -0.39 is 0 Å². The van der Waals surface area contributed by atoms with Crippen LogP contribution in [-0.2, 0) is 0 Å². The third-order valence-corrected chi connectivity index (χ3v) is 5.16. The van der Waals surface area contributed by atoms with Gasteiger partial charge in [-0.15, -0.1) is 0 Å². The quantitative estimate of drug-likeness (QED) is 0.741. The van der Waals surface area contributed by atoms with E-state index >= 15 is 0 Å². The van der Waals surface area contributed by atoms with E-state index in [0.717, 1.165) is 30.5 Å². The van der Waals surface area contributed by atoms with Gasteiger partial charge >= 0.3 is 0 Å². The SMILES string of the molecule is CN1C[C@H](CC(=O)c2ccccc2)CC[C@H]1CC(=O)c1ccccc1. The molecule has 0 saturated carbocycles. The summed E-state index contributed by atoms with van der Waals surface area (Å²) in [5.74, 6) is 0.801. The average Bonchev–Trinajstić information content (AvgIpc) is 2.65. The van der Waals surface area contributed by atoms with Crippen LogP contribution in [0, 0.1) is 5.92 Å². The summed E-state index contributed by atoms with van der Waals surface area (Å²) in [6.45, 7) is 0.880. The van der Waals surface area contributed by atoms with Crippen LogP contribution >= 0.6 is 0 Å². The van der Waals surface area contributed by atoms with Crippen LogP contribution in [0.2, 0.25) is 0 Å². The Hall–Kier alpha value is -2.26. The van der Waals surface area contributed by atoms with Gasteiger partial charge in [0, 0.05) is 36.6 Å². The third kappa shape index (κ3) is 4.64. The molecule has 2 aromatic carbocycles. The Balaban J connectivity index is 1.52. The van der Waals surface area contributed by atoms with Crippen LogP contribution in [0.5, 0.6) is 0 Å². The maximum Gasteiger partial charge on any atom is 0.164 e. The van der Waals surface area contributed by atoms with Crippen molar-refractivity contribution in [2.24, 2.45) is 5.92 Å². The molecular formula is C22H25NO2. The maximum atomic E-state index is 12.4. The van der Waals surface area contributed by atoms with Gasteiger partial charge in [0.25, 0.3) is 0 Å². The smallest absolute Gasteiger partial charge is 0.164 e. The molecule has 25 heavy (non-hydrogen) atoms. The van der Waals surface area contributed by atoms with Crippen molar-refractivity contribution in [2.45, 2.75) is 31.7 Å². The van der Waals surface area contributed by atoms with Gasteiger partial charge in [-0.25, -0.2) is 0 Å². The number of carbonyl (C=O) groups is 2. The van der Waals surface area contributed by atoms with E-state index in [4.69, 9.17) is 0 Å². The molecule has 1 heterocycles. The van der Waals surface area contributed by atoms with Crippen LogP contribution in [-0.4, -0.2) is 36.1 Å². The van der Waals surface area contributed by atoms with Crippen molar-refractivity contribution < 1.29 is 9.59 Å². The molecule has 0 aliphatic carbocycles. The topological polar surface area (TPSA) is 37.4 Å². The summed E-state index contributed by atoms with van der Waals surface area (Å²) in [6, 6.07) is 19.3. The fourth-order valence-electron chi connectivity index (χ4n) is 3.68. The lowest BCUT2D eigenvalue weighted by molar-refractivity contribution is 0.0796. The summed E-state index contributed by atoms with van der Waals surface area (Å²) in [5.41, 5.74) is 1.59. The lowest BCUT2D eigenvalue weighted by Gasteiger charge is -2.36. The highest BCUT2D eigenvalue weighted by Gasteiger charge is 2.28. The summed E-state index contributed by atoms with van der Waals surface area (Å²) in [5, 5.41) is 0. The number of hydrogen-bond acceptors (Lipinski definition) is 3. The number of rotatable bonds is 6. The number of ketones is 2.